The van der Waals surface area contributed by atoms with Crippen LogP contribution in [0.2, 0.25) is 0 Å². The molecule has 0 unspecified atom stereocenters. The van der Waals surface area contributed by atoms with Crippen molar-refractivity contribution < 1.29 is 14.3 Å². The van der Waals surface area contributed by atoms with Crippen LogP contribution < -0.4 is 11.1 Å². The van der Waals surface area contributed by atoms with Gasteiger partial charge in [0.15, 0.2) is 0 Å². The van der Waals surface area contributed by atoms with Crippen LogP contribution in [0.1, 0.15) is 40.5 Å². The number of carbonyl (C=O) groups excluding carboxylic acids is 2. The van der Waals surface area contributed by atoms with E-state index < -0.39 is 11.7 Å². The Morgan fingerprint density at radius 2 is 1.95 bits per heavy atom. The fraction of sp³-hybridized carbons (Fsp3) is 0.867. The zero-order chi connectivity index (χ0) is 16.0. The average Bonchev–Trinajstić information content (AvgIpc) is 2.62. The zero-order valence-corrected chi connectivity index (χ0v) is 13.6. The van der Waals surface area contributed by atoms with Gasteiger partial charge in [0.1, 0.15) is 5.60 Å². The van der Waals surface area contributed by atoms with Crippen molar-refractivity contribution in [2.75, 3.05) is 26.2 Å². The standard InChI is InChI=1S/C15H29N3O3/c1-11(2)12(10-15(3,4)21-14(16)20)13(19)18-8-5-6-17-7-9-18/h11-12,17H,5-10H2,1-4H3,(H2,16,20)/t12-/m0/s1. The van der Waals surface area contributed by atoms with Gasteiger partial charge in [0.25, 0.3) is 0 Å². The first-order chi connectivity index (χ1) is 9.73. The number of nitrogens with one attached hydrogen (secondary N) is 1. The molecule has 0 aromatic carbocycles. The van der Waals surface area contributed by atoms with Gasteiger partial charge in [-0.2, -0.15) is 0 Å². The molecule has 0 bridgehead atoms. The molecule has 6 nitrogen and oxygen atoms in total. The highest BCUT2D eigenvalue weighted by atomic mass is 16.6. The number of carbonyl (C=O) groups is 2. The van der Waals surface area contributed by atoms with Crippen molar-refractivity contribution >= 4 is 12.0 Å². The molecule has 0 saturated carbocycles. The van der Waals surface area contributed by atoms with E-state index in [4.69, 9.17) is 10.5 Å². The van der Waals surface area contributed by atoms with E-state index >= 15 is 0 Å². The van der Waals surface area contributed by atoms with Crippen LogP contribution in [0.5, 0.6) is 0 Å². The highest BCUT2D eigenvalue weighted by molar-refractivity contribution is 5.79. The van der Waals surface area contributed by atoms with Crippen LogP contribution >= 0.6 is 0 Å². The van der Waals surface area contributed by atoms with Gasteiger partial charge in [0.2, 0.25) is 5.91 Å². The fourth-order valence-corrected chi connectivity index (χ4v) is 2.75. The van der Waals surface area contributed by atoms with Gasteiger partial charge in [-0.15, -0.1) is 0 Å². The van der Waals surface area contributed by atoms with Crippen LogP contribution in [-0.4, -0.2) is 48.7 Å². The van der Waals surface area contributed by atoms with E-state index in [9.17, 15) is 9.59 Å². The van der Waals surface area contributed by atoms with E-state index in [-0.39, 0.29) is 17.7 Å². The van der Waals surface area contributed by atoms with E-state index in [2.05, 4.69) is 5.32 Å². The van der Waals surface area contributed by atoms with Crippen LogP contribution in [-0.2, 0) is 9.53 Å². The summed E-state index contributed by atoms with van der Waals surface area (Å²) < 4.78 is 5.14. The van der Waals surface area contributed by atoms with Crippen molar-refractivity contribution in [1.29, 1.82) is 0 Å². The predicted octanol–water partition coefficient (Wildman–Crippen LogP) is 1.34. The highest BCUT2D eigenvalue weighted by Gasteiger charge is 2.34. The van der Waals surface area contributed by atoms with Gasteiger partial charge >= 0.3 is 6.09 Å². The molecule has 0 aromatic rings. The molecular formula is C15H29N3O3. The van der Waals surface area contributed by atoms with Crippen molar-refractivity contribution in [3.8, 4) is 0 Å². The molecule has 0 spiro atoms. The zero-order valence-electron chi connectivity index (χ0n) is 13.6. The first kappa shape index (κ1) is 17.8. The normalized spacial score (nSPS) is 18.2. The van der Waals surface area contributed by atoms with Gasteiger partial charge < -0.3 is 20.7 Å². The van der Waals surface area contributed by atoms with Crippen molar-refractivity contribution in [3.05, 3.63) is 0 Å². The average molecular weight is 299 g/mol. The second-order valence-electron chi connectivity index (χ2n) is 6.66. The fourth-order valence-electron chi connectivity index (χ4n) is 2.75. The second kappa shape index (κ2) is 7.64. The molecule has 1 fully saturated rings. The third-order valence-electron chi connectivity index (χ3n) is 3.86. The smallest absolute Gasteiger partial charge is 0.405 e. The third-order valence-corrected chi connectivity index (χ3v) is 3.86. The molecular weight excluding hydrogens is 270 g/mol. The minimum atomic E-state index is -0.797. The minimum absolute atomic E-state index is 0.148. The molecule has 0 radical (unpaired) electrons. The maximum absolute atomic E-state index is 12.8. The lowest BCUT2D eigenvalue weighted by molar-refractivity contribution is -0.139. The van der Waals surface area contributed by atoms with E-state index in [1.807, 2.05) is 18.7 Å². The lowest BCUT2D eigenvalue weighted by Crippen LogP contribution is -2.44. The lowest BCUT2D eigenvalue weighted by atomic mass is 9.84. The molecule has 1 aliphatic heterocycles. The Bertz CT molecular complexity index is 361. The molecule has 2 amide bonds. The lowest BCUT2D eigenvalue weighted by Gasteiger charge is -2.33. The van der Waals surface area contributed by atoms with Crippen molar-refractivity contribution in [1.82, 2.24) is 10.2 Å². The number of hydrogen-bond acceptors (Lipinski definition) is 4. The largest absolute Gasteiger partial charge is 0.444 e. The molecule has 3 N–H and O–H groups in total. The molecule has 1 aliphatic rings. The number of nitrogens with zero attached hydrogens (tertiary/aromatic N) is 1. The molecule has 0 aliphatic carbocycles. The number of ether oxygens (including phenoxy) is 1. The summed E-state index contributed by atoms with van der Waals surface area (Å²) in [6.45, 7) is 10.9. The van der Waals surface area contributed by atoms with Gasteiger partial charge in [0.05, 0.1) is 0 Å². The van der Waals surface area contributed by atoms with Gasteiger partial charge in [-0.05, 0) is 39.2 Å². The molecule has 1 rings (SSSR count). The van der Waals surface area contributed by atoms with E-state index in [0.29, 0.717) is 6.42 Å². The summed E-state index contributed by atoms with van der Waals surface area (Å²) in [4.78, 5) is 25.7. The summed E-state index contributed by atoms with van der Waals surface area (Å²) in [5.41, 5.74) is 4.37. The Labute approximate surface area is 127 Å². The molecule has 21 heavy (non-hydrogen) atoms. The van der Waals surface area contributed by atoms with Gasteiger partial charge in [-0.3, -0.25) is 4.79 Å². The van der Waals surface area contributed by atoms with Gasteiger partial charge in [-0.1, -0.05) is 13.8 Å². The number of rotatable bonds is 5. The molecule has 6 heteroatoms. The Hall–Kier alpha value is -1.30. The number of primary amides is 1. The third kappa shape index (κ3) is 5.91. The van der Waals surface area contributed by atoms with Gasteiger partial charge in [0, 0.05) is 25.6 Å². The number of amides is 2. The number of hydrogen-bond donors (Lipinski definition) is 2. The Morgan fingerprint density at radius 1 is 1.29 bits per heavy atom. The summed E-state index contributed by atoms with van der Waals surface area (Å²) in [5, 5.41) is 3.29. The topological polar surface area (TPSA) is 84.7 Å². The van der Waals surface area contributed by atoms with E-state index in [1.54, 1.807) is 13.8 Å². The quantitative estimate of drug-likeness (QED) is 0.802. The molecule has 1 atom stereocenters. The van der Waals surface area contributed by atoms with Crippen LogP contribution in [0.4, 0.5) is 4.79 Å². The van der Waals surface area contributed by atoms with Crippen molar-refractivity contribution in [2.24, 2.45) is 17.6 Å². The first-order valence-corrected chi connectivity index (χ1v) is 7.71. The Kier molecular flexibility index (Phi) is 6.45. The molecule has 1 saturated heterocycles. The maximum Gasteiger partial charge on any atom is 0.405 e. The Balaban J connectivity index is 2.75. The summed E-state index contributed by atoms with van der Waals surface area (Å²) in [6, 6.07) is 0. The summed E-state index contributed by atoms with van der Waals surface area (Å²) >= 11 is 0. The monoisotopic (exact) mass is 299 g/mol. The summed E-state index contributed by atoms with van der Waals surface area (Å²) in [5.74, 6) is 0.164. The Morgan fingerprint density at radius 3 is 2.52 bits per heavy atom. The van der Waals surface area contributed by atoms with Crippen LogP contribution in [0, 0.1) is 11.8 Å². The maximum atomic E-state index is 12.8. The predicted molar refractivity (Wildman–Crippen MR) is 81.8 cm³/mol. The minimum Gasteiger partial charge on any atom is -0.444 e. The summed E-state index contributed by atoms with van der Waals surface area (Å²) in [7, 11) is 0. The van der Waals surface area contributed by atoms with Crippen LogP contribution in [0.15, 0.2) is 0 Å². The van der Waals surface area contributed by atoms with E-state index in [0.717, 1.165) is 32.6 Å². The second-order valence-corrected chi connectivity index (χ2v) is 6.66. The highest BCUT2D eigenvalue weighted by Crippen LogP contribution is 2.27. The molecule has 1 heterocycles. The number of nitrogens with two attached hydrogens (primary N) is 1. The van der Waals surface area contributed by atoms with Crippen molar-refractivity contribution in [3.63, 3.8) is 0 Å². The molecule has 0 aromatic heterocycles. The van der Waals surface area contributed by atoms with Crippen LogP contribution in [0.3, 0.4) is 0 Å². The van der Waals surface area contributed by atoms with E-state index in [1.165, 1.54) is 0 Å². The van der Waals surface area contributed by atoms with Crippen LogP contribution in [0.25, 0.3) is 0 Å². The summed E-state index contributed by atoms with van der Waals surface area (Å²) in [6.07, 6.45) is 0.655. The first-order valence-electron chi connectivity index (χ1n) is 7.71. The molecule has 122 valence electrons. The SMILES string of the molecule is CC(C)[C@H](CC(C)(C)OC(N)=O)C(=O)N1CCCNCC1. The van der Waals surface area contributed by atoms with Gasteiger partial charge in [-0.25, -0.2) is 4.79 Å². The van der Waals surface area contributed by atoms with Crippen molar-refractivity contribution in [2.45, 2.75) is 46.1 Å².